The Morgan fingerprint density at radius 3 is 2.46 bits per heavy atom. The van der Waals surface area contributed by atoms with Crippen molar-refractivity contribution >= 4 is 21.6 Å². The van der Waals surface area contributed by atoms with Gasteiger partial charge in [-0.15, -0.1) is 0 Å². The standard InChI is InChI=1S/C19H19ClN2O3S/c1-13-7-9-15(10-8-13)19-22-17(14(2)25-19)11-12-21-26(23,24)18-6-4-3-5-16(18)20/h3-10,21H,11-12H2,1-2H3. The number of oxazole rings is 1. The molecule has 136 valence electrons. The van der Waals surface area contributed by atoms with Crippen LogP contribution < -0.4 is 4.72 Å². The fourth-order valence-corrected chi connectivity index (χ4v) is 4.07. The van der Waals surface area contributed by atoms with Crippen molar-refractivity contribution in [2.24, 2.45) is 0 Å². The number of hydrogen-bond donors (Lipinski definition) is 1. The molecule has 0 amide bonds. The minimum absolute atomic E-state index is 0.0684. The molecule has 1 heterocycles. The zero-order valence-corrected chi connectivity index (χ0v) is 16.1. The lowest BCUT2D eigenvalue weighted by atomic mass is 10.1. The van der Waals surface area contributed by atoms with Gasteiger partial charge in [0.25, 0.3) is 0 Å². The first-order chi connectivity index (χ1) is 12.4. The van der Waals surface area contributed by atoms with Crippen LogP contribution in [0, 0.1) is 13.8 Å². The Balaban J connectivity index is 1.69. The quantitative estimate of drug-likeness (QED) is 0.686. The van der Waals surface area contributed by atoms with Crippen LogP contribution in [0.3, 0.4) is 0 Å². The van der Waals surface area contributed by atoms with Gasteiger partial charge >= 0.3 is 0 Å². The van der Waals surface area contributed by atoms with Crippen molar-refractivity contribution in [3.8, 4) is 11.5 Å². The molecule has 0 atom stereocenters. The van der Waals surface area contributed by atoms with E-state index in [9.17, 15) is 8.42 Å². The summed E-state index contributed by atoms with van der Waals surface area (Å²) in [5, 5.41) is 0.194. The van der Waals surface area contributed by atoms with Gasteiger partial charge in [-0.05, 0) is 38.1 Å². The molecule has 1 aromatic heterocycles. The zero-order valence-electron chi connectivity index (χ0n) is 14.5. The molecule has 0 spiro atoms. The number of halogens is 1. The molecule has 2 aromatic carbocycles. The normalized spacial score (nSPS) is 11.7. The molecular formula is C19H19ClN2O3S. The maximum Gasteiger partial charge on any atom is 0.242 e. The summed E-state index contributed by atoms with van der Waals surface area (Å²) in [7, 11) is -3.66. The summed E-state index contributed by atoms with van der Waals surface area (Å²) < 4.78 is 33.0. The van der Waals surface area contributed by atoms with E-state index in [4.69, 9.17) is 16.0 Å². The van der Waals surface area contributed by atoms with Gasteiger partial charge in [-0.2, -0.15) is 0 Å². The van der Waals surface area contributed by atoms with Crippen molar-refractivity contribution in [3.63, 3.8) is 0 Å². The third kappa shape index (κ3) is 4.15. The van der Waals surface area contributed by atoms with Crippen molar-refractivity contribution in [2.75, 3.05) is 6.54 Å². The first kappa shape index (κ1) is 18.6. The minimum atomic E-state index is -3.66. The van der Waals surface area contributed by atoms with Gasteiger partial charge < -0.3 is 4.42 Å². The van der Waals surface area contributed by atoms with Crippen LogP contribution in [0.15, 0.2) is 57.8 Å². The first-order valence-corrected chi connectivity index (χ1v) is 10.0. The van der Waals surface area contributed by atoms with Crippen LogP contribution in [0.1, 0.15) is 17.0 Å². The van der Waals surface area contributed by atoms with E-state index in [0.717, 1.165) is 16.8 Å². The van der Waals surface area contributed by atoms with Crippen molar-refractivity contribution < 1.29 is 12.8 Å². The van der Waals surface area contributed by atoms with Gasteiger partial charge in [0.2, 0.25) is 15.9 Å². The minimum Gasteiger partial charge on any atom is -0.441 e. The molecule has 0 fully saturated rings. The molecule has 0 aliphatic heterocycles. The second-order valence-corrected chi connectivity index (χ2v) is 8.11. The van der Waals surface area contributed by atoms with E-state index in [1.165, 1.54) is 6.07 Å². The highest BCUT2D eigenvalue weighted by molar-refractivity contribution is 7.89. The van der Waals surface area contributed by atoms with E-state index in [1.54, 1.807) is 18.2 Å². The summed E-state index contributed by atoms with van der Waals surface area (Å²) in [6, 6.07) is 14.2. The van der Waals surface area contributed by atoms with Gasteiger partial charge in [-0.25, -0.2) is 18.1 Å². The average Bonchev–Trinajstić information content (AvgIpc) is 2.96. The van der Waals surface area contributed by atoms with Crippen LogP contribution in [0.5, 0.6) is 0 Å². The van der Waals surface area contributed by atoms with Crippen molar-refractivity contribution in [1.29, 1.82) is 0 Å². The molecule has 3 aromatic rings. The van der Waals surface area contributed by atoms with E-state index < -0.39 is 10.0 Å². The summed E-state index contributed by atoms with van der Waals surface area (Å²) in [6.45, 7) is 4.04. The summed E-state index contributed by atoms with van der Waals surface area (Å²) in [5.74, 6) is 1.21. The fourth-order valence-electron chi connectivity index (χ4n) is 2.52. The molecule has 0 saturated carbocycles. The lowest BCUT2D eigenvalue weighted by Crippen LogP contribution is -2.26. The van der Waals surface area contributed by atoms with Crippen LogP contribution in [0.25, 0.3) is 11.5 Å². The molecule has 0 saturated heterocycles. The summed E-state index contributed by atoms with van der Waals surface area (Å²) in [5.41, 5.74) is 2.77. The molecule has 26 heavy (non-hydrogen) atoms. The Morgan fingerprint density at radius 1 is 1.08 bits per heavy atom. The lowest BCUT2D eigenvalue weighted by molar-refractivity contribution is 0.538. The highest BCUT2D eigenvalue weighted by Gasteiger charge is 2.18. The van der Waals surface area contributed by atoms with Gasteiger partial charge in [-0.3, -0.25) is 0 Å². The molecule has 0 bridgehead atoms. The van der Waals surface area contributed by atoms with Gasteiger partial charge in [-0.1, -0.05) is 41.4 Å². The molecule has 0 unspecified atom stereocenters. The smallest absolute Gasteiger partial charge is 0.242 e. The number of nitrogens with zero attached hydrogens (tertiary/aromatic N) is 1. The van der Waals surface area contributed by atoms with Gasteiger partial charge in [0.05, 0.1) is 10.7 Å². The number of aromatic nitrogens is 1. The Labute approximate surface area is 158 Å². The highest BCUT2D eigenvalue weighted by atomic mass is 35.5. The number of nitrogens with one attached hydrogen (secondary N) is 1. The largest absolute Gasteiger partial charge is 0.441 e. The monoisotopic (exact) mass is 390 g/mol. The van der Waals surface area contributed by atoms with E-state index in [-0.39, 0.29) is 16.5 Å². The van der Waals surface area contributed by atoms with Crippen molar-refractivity contribution in [1.82, 2.24) is 9.71 Å². The van der Waals surface area contributed by atoms with Gasteiger partial charge in [0.15, 0.2) is 0 Å². The maximum atomic E-state index is 12.3. The van der Waals surface area contributed by atoms with Crippen LogP contribution in [-0.2, 0) is 16.4 Å². The van der Waals surface area contributed by atoms with E-state index in [1.807, 2.05) is 38.1 Å². The summed E-state index contributed by atoms with van der Waals surface area (Å²) in [4.78, 5) is 4.56. The van der Waals surface area contributed by atoms with Crippen molar-refractivity contribution in [3.05, 3.63) is 70.6 Å². The van der Waals surface area contributed by atoms with Crippen LogP contribution in [-0.4, -0.2) is 19.9 Å². The third-order valence-corrected chi connectivity index (χ3v) is 5.93. The number of benzene rings is 2. The van der Waals surface area contributed by atoms with Crippen LogP contribution in [0.4, 0.5) is 0 Å². The third-order valence-electron chi connectivity index (χ3n) is 3.97. The predicted molar refractivity (Wildman–Crippen MR) is 102 cm³/mol. The topological polar surface area (TPSA) is 72.2 Å². The van der Waals surface area contributed by atoms with Gasteiger partial charge in [0.1, 0.15) is 10.7 Å². The van der Waals surface area contributed by atoms with Crippen molar-refractivity contribution in [2.45, 2.75) is 25.2 Å². The molecule has 0 aliphatic carbocycles. The lowest BCUT2D eigenvalue weighted by Gasteiger charge is -2.07. The van der Waals surface area contributed by atoms with E-state index >= 15 is 0 Å². The molecule has 3 rings (SSSR count). The maximum absolute atomic E-state index is 12.3. The Bertz CT molecular complexity index is 1010. The second kappa shape index (κ2) is 7.61. The molecule has 0 radical (unpaired) electrons. The summed E-state index contributed by atoms with van der Waals surface area (Å²) >= 11 is 5.97. The van der Waals surface area contributed by atoms with Crippen LogP contribution in [0.2, 0.25) is 5.02 Å². The number of hydrogen-bond acceptors (Lipinski definition) is 4. The second-order valence-electron chi connectivity index (χ2n) is 5.97. The molecule has 1 N–H and O–H groups in total. The molecule has 5 nitrogen and oxygen atoms in total. The Hall–Kier alpha value is -2.15. The number of aryl methyl sites for hydroxylation is 2. The van der Waals surface area contributed by atoms with E-state index in [0.29, 0.717) is 18.1 Å². The van der Waals surface area contributed by atoms with E-state index in [2.05, 4.69) is 9.71 Å². The Kier molecular flexibility index (Phi) is 5.46. The van der Waals surface area contributed by atoms with Crippen LogP contribution >= 0.6 is 11.6 Å². The van der Waals surface area contributed by atoms with Gasteiger partial charge in [0, 0.05) is 18.5 Å². The number of sulfonamides is 1. The predicted octanol–water partition coefficient (Wildman–Crippen LogP) is 4.13. The first-order valence-electron chi connectivity index (χ1n) is 8.14. The zero-order chi connectivity index (χ0) is 18.7. The molecular weight excluding hydrogens is 372 g/mol. The number of rotatable bonds is 6. The fraction of sp³-hybridized carbons (Fsp3) is 0.211. The molecule has 7 heteroatoms. The highest BCUT2D eigenvalue weighted by Crippen LogP contribution is 2.23. The Morgan fingerprint density at radius 2 is 1.77 bits per heavy atom. The molecule has 0 aliphatic rings. The SMILES string of the molecule is Cc1ccc(-c2nc(CCNS(=O)(=O)c3ccccc3Cl)c(C)o2)cc1. The average molecular weight is 391 g/mol. The summed E-state index contributed by atoms with van der Waals surface area (Å²) in [6.07, 6.45) is 0.422.